The Labute approximate surface area is 166 Å². The smallest absolute Gasteiger partial charge is 0.240 e. The highest BCUT2D eigenvalue weighted by Crippen LogP contribution is 2.29. The Morgan fingerprint density at radius 3 is 2.57 bits per heavy atom. The molecule has 152 valence electrons. The van der Waals surface area contributed by atoms with Crippen molar-refractivity contribution in [2.45, 2.75) is 18.7 Å². The minimum absolute atomic E-state index is 0.317. The zero-order chi connectivity index (χ0) is 20.1. The van der Waals surface area contributed by atoms with Gasteiger partial charge in [-0.2, -0.15) is 0 Å². The van der Waals surface area contributed by atoms with Crippen molar-refractivity contribution in [3.63, 3.8) is 0 Å². The molecule has 1 aromatic heterocycles. The lowest BCUT2D eigenvalue weighted by Crippen LogP contribution is -2.41. The van der Waals surface area contributed by atoms with E-state index in [1.165, 1.54) is 0 Å². The third-order valence-electron chi connectivity index (χ3n) is 4.89. The normalized spacial score (nSPS) is 15.5. The first-order valence-corrected chi connectivity index (χ1v) is 10.8. The SMILES string of the molecule is COc1ccc(-c2cc(C)c(S(=O)(=O)NCCN3CCOCC3)cc2C)cn1. The Hall–Kier alpha value is -2.00. The maximum absolute atomic E-state index is 12.8. The highest BCUT2D eigenvalue weighted by atomic mass is 32.2. The van der Waals surface area contributed by atoms with Crippen LogP contribution < -0.4 is 9.46 Å². The van der Waals surface area contributed by atoms with Crippen molar-refractivity contribution in [3.05, 3.63) is 41.6 Å². The summed E-state index contributed by atoms with van der Waals surface area (Å²) in [6.45, 7) is 7.86. The molecule has 0 bridgehead atoms. The number of aromatic nitrogens is 1. The number of benzene rings is 1. The molecule has 1 N–H and O–H groups in total. The summed E-state index contributed by atoms with van der Waals surface area (Å²) in [6, 6.07) is 7.34. The van der Waals surface area contributed by atoms with Gasteiger partial charge < -0.3 is 9.47 Å². The van der Waals surface area contributed by atoms with Crippen molar-refractivity contribution in [1.82, 2.24) is 14.6 Å². The Balaban J connectivity index is 1.74. The largest absolute Gasteiger partial charge is 0.481 e. The van der Waals surface area contributed by atoms with E-state index in [0.29, 0.717) is 42.6 Å². The Morgan fingerprint density at radius 2 is 1.93 bits per heavy atom. The Kier molecular flexibility index (Phi) is 6.66. The van der Waals surface area contributed by atoms with E-state index in [0.717, 1.165) is 29.8 Å². The quantitative estimate of drug-likeness (QED) is 0.759. The van der Waals surface area contributed by atoms with Gasteiger partial charge >= 0.3 is 0 Å². The molecule has 0 amide bonds. The zero-order valence-corrected chi connectivity index (χ0v) is 17.4. The predicted octanol–water partition coefficient (Wildman–Crippen LogP) is 1.98. The summed E-state index contributed by atoms with van der Waals surface area (Å²) in [4.78, 5) is 6.75. The molecular weight excluding hydrogens is 378 g/mol. The molecule has 2 aromatic rings. The fourth-order valence-corrected chi connectivity index (χ4v) is 4.62. The molecule has 0 radical (unpaired) electrons. The number of hydrogen-bond acceptors (Lipinski definition) is 6. The van der Waals surface area contributed by atoms with Crippen LogP contribution in [0.1, 0.15) is 11.1 Å². The van der Waals surface area contributed by atoms with Gasteiger partial charge in [-0.1, -0.05) is 0 Å². The van der Waals surface area contributed by atoms with Crippen LogP contribution in [-0.4, -0.2) is 64.8 Å². The van der Waals surface area contributed by atoms with Gasteiger partial charge in [0.1, 0.15) is 0 Å². The van der Waals surface area contributed by atoms with Gasteiger partial charge in [0.15, 0.2) is 0 Å². The van der Waals surface area contributed by atoms with Crippen LogP contribution in [0.15, 0.2) is 35.4 Å². The molecule has 1 aliphatic rings. The summed E-state index contributed by atoms with van der Waals surface area (Å²) in [5.41, 5.74) is 3.46. The molecular formula is C20H27N3O4S. The van der Waals surface area contributed by atoms with Gasteiger partial charge in [-0.25, -0.2) is 18.1 Å². The molecule has 1 aromatic carbocycles. The van der Waals surface area contributed by atoms with Crippen LogP contribution >= 0.6 is 0 Å². The minimum Gasteiger partial charge on any atom is -0.481 e. The van der Waals surface area contributed by atoms with E-state index in [1.54, 1.807) is 25.4 Å². The van der Waals surface area contributed by atoms with Crippen LogP contribution in [0.4, 0.5) is 0 Å². The Morgan fingerprint density at radius 1 is 1.18 bits per heavy atom. The van der Waals surface area contributed by atoms with Crippen molar-refractivity contribution in [3.8, 4) is 17.0 Å². The Bertz CT molecular complexity index is 908. The fourth-order valence-electron chi connectivity index (χ4n) is 3.29. The third kappa shape index (κ3) is 4.88. The first-order valence-electron chi connectivity index (χ1n) is 9.32. The topological polar surface area (TPSA) is 80.8 Å². The number of sulfonamides is 1. The molecule has 28 heavy (non-hydrogen) atoms. The predicted molar refractivity (Wildman–Crippen MR) is 108 cm³/mol. The van der Waals surface area contributed by atoms with Gasteiger partial charge in [0.25, 0.3) is 0 Å². The minimum atomic E-state index is -3.57. The lowest BCUT2D eigenvalue weighted by atomic mass is 10.00. The van der Waals surface area contributed by atoms with Crippen molar-refractivity contribution >= 4 is 10.0 Å². The van der Waals surface area contributed by atoms with Crippen LogP contribution in [0.2, 0.25) is 0 Å². The number of ether oxygens (including phenoxy) is 2. The molecule has 0 aliphatic carbocycles. The van der Waals surface area contributed by atoms with Crippen LogP contribution in [0.5, 0.6) is 5.88 Å². The number of nitrogens with zero attached hydrogens (tertiary/aromatic N) is 2. The van der Waals surface area contributed by atoms with Crippen molar-refractivity contribution in [1.29, 1.82) is 0 Å². The standard InChI is InChI=1S/C20H27N3O4S/c1-15-13-19(28(24,25)22-6-7-23-8-10-27-11-9-23)16(2)12-18(15)17-4-5-20(26-3)21-14-17/h4-5,12-14,22H,6-11H2,1-3H3. The lowest BCUT2D eigenvalue weighted by Gasteiger charge is -2.26. The van der Waals surface area contributed by atoms with Crippen molar-refractivity contribution in [2.75, 3.05) is 46.5 Å². The zero-order valence-electron chi connectivity index (χ0n) is 16.6. The average molecular weight is 406 g/mol. The summed E-state index contributed by atoms with van der Waals surface area (Å²) in [5, 5.41) is 0. The fraction of sp³-hybridized carbons (Fsp3) is 0.450. The number of nitrogens with one attached hydrogen (secondary N) is 1. The molecule has 0 saturated carbocycles. The second-order valence-corrected chi connectivity index (χ2v) is 8.61. The van der Waals surface area contributed by atoms with Crippen LogP contribution in [-0.2, 0) is 14.8 Å². The lowest BCUT2D eigenvalue weighted by molar-refractivity contribution is 0.0390. The van der Waals surface area contributed by atoms with E-state index < -0.39 is 10.0 Å². The van der Waals surface area contributed by atoms with Crippen LogP contribution in [0.3, 0.4) is 0 Å². The van der Waals surface area contributed by atoms with Gasteiger partial charge in [-0.3, -0.25) is 4.90 Å². The second-order valence-electron chi connectivity index (χ2n) is 6.87. The van der Waals surface area contributed by atoms with E-state index in [2.05, 4.69) is 14.6 Å². The van der Waals surface area contributed by atoms with Gasteiger partial charge in [-0.15, -0.1) is 0 Å². The van der Waals surface area contributed by atoms with Crippen LogP contribution in [0.25, 0.3) is 11.1 Å². The highest BCUT2D eigenvalue weighted by molar-refractivity contribution is 7.89. The van der Waals surface area contributed by atoms with Crippen molar-refractivity contribution < 1.29 is 17.9 Å². The van der Waals surface area contributed by atoms with Crippen LogP contribution in [0, 0.1) is 13.8 Å². The summed E-state index contributed by atoms with van der Waals surface area (Å²) >= 11 is 0. The first-order chi connectivity index (χ1) is 13.4. The van der Waals surface area contributed by atoms with E-state index in [1.807, 2.05) is 26.0 Å². The van der Waals surface area contributed by atoms with E-state index in [9.17, 15) is 8.42 Å². The molecule has 0 unspecified atom stereocenters. The summed E-state index contributed by atoms with van der Waals surface area (Å²) in [5.74, 6) is 0.543. The third-order valence-corrected chi connectivity index (χ3v) is 6.49. The molecule has 2 heterocycles. The number of aryl methyl sites for hydroxylation is 2. The average Bonchev–Trinajstić information content (AvgIpc) is 2.70. The molecule has 8 heteroatoms. The highest BCUT2D eigenvalue weighted by Gasteiger charge is 2.19. The van der Waals surface area contributed by atoms with E-state index >= 15 is 0 Å². The first kappa shape index (κ1) is 20.7. The maximum atomic E-state index is 12.8. The van der Waals surface area contributed by atoms with E-state index in [4.69, 9.17) is 9.47 Å². The number of methoxy groups -OCH3 is 1. The molecule has 7 nitrogen and oxygen atoms in total. The summed E-state index contributed by atoms with van der Waals surface area (Å²) in [6.07, 6.45) is 1.73. The van der Waals surface area contributed by atoms with Gasteiger partial charge in [-0.05, 0) is 48.7 Å². The van der Waals surface area contributed by atoms with Gasteiger partial charge in [0.05, 0.1) is 25.2 Å². The molecule has 0 spiro atoms. The number of pyridine rings is 1. The molecule has 1 fully saturated rings. The van der Waals surface area contributed by atoms with Crippen molar-refractivity contribution in [2.24, 2.45) is 0 Å². The maximum Gasteiger partial charge on any atom is 0.240 e. The number of rotatable bonds is 7. The molecule has 1 saturated heterocycles. The summed E-state index contributed by atoms with van der Waals surface area (Å²) < 4.78 is 38.7. The number of morpholine rings is 1. The monoisotopic (exact) mass is 405 g/mol. The number of hydrogen-bond donors (Lipinski definition) is 1. The summed E-state index contributed by atoms with van der Waals surface area (Å²) in [7, 11) is -1.99. The van der Waals surface area contributed by atoms with Gasteiger partial charge in [0.2, 0.25) is 15.9 Å². The molecule has 3 rings (SSSR count). The van der Waals surface area contributed by atoms with Gasteiger partial charge in [0, 0.05) is 44.0 Å². The molecule has 0 atom stereocenters. The molecule has 1 aliphatic heterocycles. The second kappa shape index (κ2) is 9.00. The van der Waals surface area contributed by atoms with E-state index in [-0.39, 0.29) is 0 Å².